The molecule has 2 aromatic heterocycles. The first-order valence-electron chi connectivity index (χ1n) is 8.32. The third kappa shape index (κ3) is 3.42. The smallest absolute Gasteiger partial charge is 0.306 e. The van der Waals surface area contributed by atoms with Gasteiger partial charge in [-0.05, 0) is 32.6 Å². The number of halogens is 1. The Morgan fingerprint density at radius 1 is 1.42 bits per heavy atom. The van der Waals surface area contributed by atoms with Crippen LogP contribution in [0.25, 0.3) is 11.4 Å². The van der Waals surface area contributed by atoms with Gasteiger partial charge in [0.2, 0.25) is 0 Å². The number of nitrogens with zero attached hydrogens (tertiary/aromatic N) is 4. The van der Waals surface area contributed by atoms with Gasteiger partial charge in [-0.1, -0.05) is 5.21 Å². The minimum absolute atomic E-state index is 0.0678. The number of aryl methyl sites for hydroxylation is 2. The van der Waals surface area contributed by atoms with Crippen LogP contribution in [0.3, 0.4) is 0 Å². The van der Waals surface area contributed by atoms with Crippen LogP contribution in [-0.4, -0.2) is 43.4 Å². The summed E-state index contributed by atoms with van der Waals surface area (Å²) in [6, 6.07) is 1.20. The van der Waals surface area contributed by atoms with E-state index in [4.69, 9.17) is 9.84 Å². The molecule has 9 heteroatoms. The standard InChI is InChI=1S/C17H19FN4O4/c1-9-14(26-11-5-3-4-10(6-11)17(24)25)7-12(18)15(19-9)16-13(8-23)22(2)21-20-16/h7-8,10-11H,3-6H2,1-2H3,(H,24,25)/t10-,11-/m0/s1. The van der Waals surface area contributed by atoms with Gasteiger partial charge in [0.05, 0.1) is 17.7 Å². The van der Waals surface area contributed by atoms with Crippen LogP contribution in [0.4, 0.5) is 4.39 Å². The third-order valence-corrected chi connectivity index (χ3v) is 4.60. The summed E-state index contributed by atoms with van der Waals surface area (Å²) < 4.78 is 21.6. The molecule has 26 heavy (non-hydrogen) atoms. The summed E-state index contributed by atoms with van der Waals surface area (Å²) in [5, 5.41) is 16.7. The first kappa shape index (κ1) is 18.0. The third-order valence-electron chi connectivity index (χ3n) is 4.60. The predicted molar refractivity (Wildman–Crippen MR) is 88.3 cm³/mol. The largest absolute Gasteiger partial charge is 0.488 e. The van der Waals surface area contributed by atoms with Crippen molar-refractivity contribution in [3.05, 3.63) is 23.3 Å². The number of hydrogen-bond acceptors (Lipinski definition) is 6. The second-order valence-corrected chi connectivity index (χ2v) is 6.41. The molecule has 2 aromatic rings. The first-order chi connectivity index (χ1) is 12.4. The lowest BCUT2D eigenvalue weighted by Gasteiger charge is -2.27. The van der Waals surface area contributed by atoms with E-state index in [1.54, 1.807) is 6.92 Å². The van der Waals surface area contributed by atoms with Crippen LogP contribution in [0.2, 0.25) is 0 Å². The minimum atomic E-state index is -0.835. The second kappa shape index (κ2) is 7.19. The van der Waals surface area contributed by atoms with Gasteiger partial charge in [-0.25, -0.2) is 14.1 Å². The van der Waals surface area contributed by atoms with Crippen molar-refractivity contribution in [2.24, 2.45) is 13.0 Å². The molecule has 0 saturated heterocycles. The maximum Gasteiger partial charge on any atom is 0.306 e. The zero-order valence-corrected chi connectivity index (χ0v) is 14.5. The summed E-state index contributed by atoms with van der Waals surface area (Å²) in [7, 11) is 1.53. The lowest BCUT2D eigenvalue weighted by molar-refractivity contribution is -0.143. The van der Waals surface area contributed by atoms with Crippen molar-refractivity contribution in [2.75, 3.05) is 0 Å². The fraction of sp³-hybridized carbons (Fsp3) is 0.471. The molecule has 2 atom stereocenters. The van der Waals surface area contributed by atoms with Crippen molar-refractivity contribution in [1.82, 2.24) is 20.0 Å². The van der Waals surface area contributed by atoms with E-state index in [9.17, 15) is 14.0 Å². The summed E-state index contributed by atoms with van der Waals surface area (Å²) >= 11 is 0. The van der Waals surface area contributed by atoms with Crippen LogP contribution in [0.15, 0.2) is 6.07 Å². The van der Waals surface area contributed by atoms with Crippen LogP contribution in [0.1, 0.15) is 41.9 Å². The van der Waals surface area contributed by atoms with E-state index in [0.717, 1.165) is 6.42 Å². The number of aromatic nitrogens is 4. The van der Waals surface area contributed by atoms with Crippen LogP contribution >= 0.6 is 0 Å². The molecule has 0 bridgehead atoms. The zero-order valence-electron chi connectivity index (χ0n) is 14.5. The van der Waals surface area contributed by atoms with Gasteiger partial charge in [0.1, 0.15) is 22.8 Å². The molecule has 1 aliphatic rings. The van der Waals surface area contributed by atoms with E-state index in [-0.39, 0.29) is 28.9 Å². The highest BCUT2D eigenvalue weighted by Crippen LogP contribution is 2.31. The molecule has 1 N–H and O–H groups in total. The molecule has 0 amide bonds. The normalized spacial score (nSPS) is 20.0. The Hall–Kier alpha value is -2.84. The molecule has 8 nitrogen and oxygen atoms in total. The van der Waals surface area contributed by atoms with Crippen molar-refractivity contribution >= 4 is 12.3 Å². The van der Waals surface area contributed by atoms with E-state index in [2.05, 4.69) is 15.3 Å². The van der Waals surface area contributed by atoms with Gasteiger partial charge >= 0.3 is 5.97 Å². The van der Waals surface area contributed by atoms with Crippen molar-refractivity contribution < 1.29 is 23.8 Å². The number of aliphatic carboxylic acids is 1. The highest BCUT2D eigenvalue weighted by Gasteiger charge is 2.29. The lowest BCUT2D eigenvalue weighted by atomic mass is 9.87. The Morgan fingerprint density at radius 2 is 2.19 bits per heavy atom. The number of carboxylic acids is 1. The van der Waals surface area contributed by atoms with Crippen molar-refractivity contribution in [1.29, 1.82) is 0 Å². The van der Waals surface area contributed by atoms with Crippen LogP contribution in [0, 0.1) is 18.7 Å². The molecule has 0 aliphatic heterocycles. The van der Waals surface area contributed by atoms with E-state index in [0.29, 0.717) is 31.2 Å². The molecule has 0 radical (unpaired) electrons. The maximum absolute atomic E-state index is 14.6. The average Bonchev–Trinajstić information content (AvgIpc) is 2.98. The summed E-state index contributed by atoms with van der Waals surface area (Å²) in [5.41, 5.74) is 0.553. The number of carboxylic acid groups (broad SMARTS) is 1. The Morgan fingerprint density at radius 3 is 2.88 bits per heavy atom. The van der Waals surface area contributed by atoms with Crippen LogP contribution in [-0.2, 0) is 11.8 Å². The molecule has 0 aromatic carbocycles. The fourth-order valence-electron chi connectivity index (χ4n) is 3.17. The maximum atomic E-state index is 14.6. The second-order valence-electron chi connectivity index (χ2n) is 6.41. The fourth-order valence-corrected chi connectivity index (χ4v) is 3.17. The number of aldehydes is 1. The quantitative estimate of drug-likeness (QED) is 0.812. The van der Waals surface area contributed by atoms with Gasteiger partial charge in [-0.2, -0.15) is 0 Å². The number of rotatable bonds is 5. The Bertz CT molecular complexity index is 852. The van der Waals surface area contributed by atoms with Gasteiger partial charge in [-0.15, -0.1) is 5.10 Å². The summed E-state index contributed by atoms with van der Waals surface area (Å²) in [5.74, 6) is -1.70. The molecule has 0 unspecified atom stereocenters. The summed E-state index contributed by atoms with van der Waals surface area (Å²) in [6.07, 6.45) is 2.73. The molecule has 2 heterocycles. The van der Waals surface area contributed by atoms with Gasteiger partial charge in [0.15, 0.2) is 12.1 Å². The highest BCUT2D eigenvalue weighted by molar-refractivity contribution is 5.82. The molecule has 1 aliphatic carbocycles. The Kier molecular flexibility index (Phi) is 4.97. The number of carbonyl (C=O) groups excluding carboxylic acids is 1. The van der Waals surface area contributed by atoms with Gasteiger partial charge < -0.3 is 9.84 Å². The molecule has 1 fully saturated rings. The Balaban J connectivity index is 1.86. The first-order valence-corrected chi connectivity index (χ1v) is 8.32. The summed E-state index contributed by atoms with van der Waals surface area (Å²) in [6.45, 7) is 1.66. The molecule has 1 saturated carbocycles. The van der Waals surface area contributed by atoms with Gasteiger partial charge in [0.25, 0.3) is 0 Å². The van der Waals surface area contributed by atoms with Crippen molar-refractivity contribution in [2.45, 2.75) is 38.7 Å². The topological polar surface area (TPSA) is 107 Å². The van der Waals surface area contributed by atoms with Gasteiger partial charge in [0, 0.05) is 13.1 Å². The van der Waals surface area contributed by atoms with Crippen LogP contribution in [0.5, 0.6) is 5.75 Å². The SMILES string of the molecule is Cc1nc(-c2nnn(C)c2C=O)c(F)cc1O[C@H]1CCC[C@H](C(=O)O)C1. The lowest BCUT2D eigenvalue weighted by Crippen LogP contribution is -2.29. The number of pyridine rings is 1. The predicted octanol–water partition coefficient (Wildman–Crippen LogP) is 2.16. The molecular weight excluding hydrogens is 343 g/mol. The summed E-state index contributed by atoms with van der Waals surface area (Å²) in [4.78, 5) is 26.5. The highest BCUT2D eigenvalue weighted by atomic mass is 19.1. The van der Waals surface area contributed by atoms with E-state index in [1.165, 1.54) is 17.8 Å². The van der Waals surface area contributed by atoms with Gasteiger partial charge in [-0.3, -0.25) is 9.59 Å². The molecule has 0 spiro atoms. The van der Waals surface area contributed by atoms with Crippen molar-refractivity contribution in [3.8, 4) is 17.1 Å². The molecular formula is C17H19FN4O4. The van der Waals surface area contributed by atoms with Crippen molar-refractivity contribution in [3.63, 3.8) is 0 Å². The number of carbonyl (C=O) groups is 2. The minimum Gasteiger partial charge on any atom is -0.488 e. The van der Waals surface area contributed by atoms with E-state index < -0.39 is 17.7 Å². The average molecular weight is 362 g/mol. The zero-order chi connectivity index (χ0) is 18.8. The number of ether oxygens (including phenoxy) is 1. The van der Waals surface area contributed by atoms with E-state index in [1.807, 2.05) is 0 Å². The number of hydrogen-bond donors (Lipinski definition) is 1. The van der Waals surface area contributed by atoms with E-state index >= 15 is 0 Å². The monoisotopic (exact) mass is 362 g/mol. The molecule has 3 rings (SSSR count). The Labute approximate surface area is 149 Å². The molecule has 138 valence electrons. The van der Waals surface area contributed by atoms with Crippen LogP contribution < -0.4 is 4.74 Å².